The third kappa shape index (κ3) is 2.81. The average Bonchev–Trinajstić information content (AvgIpc) is 3.14. The Morgan fingerprint density at radius 3 is 2.24 bits per heavy atom. The lowest BCUT2D eigenvalue weighted by atomic mass is 9.99. The van der Waals surface area contributed by atoms with Crippen LogP contribution in [0.3, 0.4) is 0 Å². The maximum Gasteiger partial charge on any atom is 0.282 e. The molecule has 2 fully saturated rings. The van der Waals surface area contributed by atoms with Crippen LogP contribution in [0.5, 0.6) is 0 Å². The van der Waals surface area contributed by atoms with Crippen molar-refractivity contribution in [2.24, 2.45) is 11.7 Å². The Morgan fingerprint density at radius 1 is 1.24 bits per heavy atom. The molecule has 6 heteroatoms. The minimum atomic E-state index is -3.22. The van der Waals surface area contributed by atoms with Crippen molar-refractivity contribution in [1.29, 1.82) is 0 Å². The van der Waals surface area contributed by atoms with Gasteiger partial charge in [0.15, 0.2) is 0 Å². The molecule has 0 aromatic heterocycles. The molecule has 1 saturated heterocycles. The zero-order valence-electron chi connectivity index (χ0n) is 10.5. The van der Waals surface area contributed by atoms with Gasteiger partial charge in [0.25, 0.3) is 10.2 Å². The maximum atomic E-state index is 12.4. The second-order valence-corrected chi connectivity index (χ2v) is 6.90. The van der Waals surface area contributed by atoms with Crippen molar-refractivity contribution < 1.29 is 8.42 Å². The van der Waals surface area contributed by atoms with E-state index in [1.807, 2.05) is 6.92 Å². The summed E-state index contributed by atoms with van der Waals surface area (Å²) in [5.74, 6) is 0.498. The van der Waals surface area contributed by atoms with Crippen molar-refractivity contribution in [2.75, 3.05) is 26.2 Å². The zero-order valence-corrected chi connectivity index (χ0v) is 11.3. The first-order valence-corrected chi connectivity index (χ1v) is 7.96. The van der Waals surface area contributed by atoms with E-state index in [0.717, 1.165) is 25.7 Å². The molecule has 0 aromatic rings. The first kappa shape index (κ1) is 13.3. The van der Waals surface area contributed by atoms with Crippen molar-refractivity contribution >= 4 is 10.2 Å². The van der Waals surface area contributed by atoms with Crippen LogP contribution in [0.15, 0.2) is 0 Å². The quantitative estimate of drug-likeness (QED) is 0.778. The van der Waals surface area contributed by atoms with E-state index >= 15 is 0 Å². The molecular weight excluding hydrogens is 238 g/mol. The van der Waals surface area contributed by atoms with Crippen LogP contribution in [-0.2, 0) is 10.2 Å². The predicted molar refractivity (Wildman–Crippen MR) is 67.7 cm³/mol. The van der Waals surface area contributed by atoms with Gasteiger partial charge < -0.3 is 5.73 Å². The fraction of sp³-hybridized carbons (Fsp3) is 1.00. The van der Waals surface area contributed by atoms with Gasteiger partial charge in [-0.25, -0.2) is 0 Å². The van der Waals surface area contributed by atoms with E-state index in [0.29, 0.717) is 32.1 Å². The lowest BCUT2D eigenvalue weighted by molar-refractivity contribution is 0.257. The minimum absolute atomic E-state index is 0.261. The third-order valence-electron chi connectivity index (χ3n) is 3.80. The lowest BCUT2D eigenvalue weighted by Gasteiger charge is -2.34. The second kappa shape index (κ2) is 5.22. The van der Waals surface area contributed by atoms with E-state index in [-0.39, 0.29) is 6.04 Å². The third-order valence-corrected chi connectivity index (χ3v) is 5.96. The molecule has 2 aliphatic rings. The van der Waals surface area contributed by atoms with E-state index in [1.165, 1.54) is 0 Å². The number of hydrogen-bond donors (Lipinski definition) is 1. The van der Waals surface area contributed by atoms with E-state index in [4.69, 9.17) is 5.73 Å². The average molecular weight is 261 g/mol. The number of nitrogens with zero attached hydrogens (tertiary/aromatic N) is 2. The Morgan fingerprint density at radius 2 is 1.82 bits per heavy atom. The van der Waals surface area contributed by atoms with Gasteiger partial charge in [0.2, 0.25) is 0 Å². The van der Waals surface area contributed by atoms with Gasteiger partial charge in [0, 0.05) is 25.7 Å². The SMILES string of the molecule is CCN(C1CC1)S(=O)(=O)N1CCC(CN)CC1. The second-order valence-electron chi connectivity index (χ2n) is 5.02. The van der Waals surface area contributed by atoms with Gasteiger partial charge in [-0.3, -0.25) is 0 Å². The number of nitrogens with two attached hydrogens (primary N) is 1. The topological polar surface area (TPSA) is 66.6 Å². The van der Waals surface area contributed by atoms with E-state index < -0.39 is 10.2 Å². The fourth-order valence-corrected chi connectivity index (χ4v) is 4.38. The number of piperidine rings is 1. The van der Waals surface area contributed by atoms with Crippen LogP contribution in [0, 0.1) is 5.92 Å². The number of hydrogen-bond acceptors (Lipinski definition) is 3. The molecule has 1 aliphatic heterocycles. The monoisotopic (exact) mass is 261 g/mol. The van der Waals surface area contributed by atoms with Gasteiger partial charge in [0.05, 0.1) is 0 Å². The largest absolute Gasteiger partial charge is 0.330 e. The summed E-state index contributed by atoms with van der Waals surface area (Å²) >= 11 is 0. The first-order chi connectivity index (χ1) is 8.09. The highest BCUT2D eigenvalue weighted by Crippen LogP contribution is 2.31. The molecule has 2 rings (SSSR count). The molecule has 0 amide bonds. The van der Waals surface area contributed by atoms with Crippen LogP contribution in [0.1, 0.15) is 32.6 Å². The summed E-state index contributed by atoms with van der Waals surface area (Å²) in [6, 6.07) is 0.261. The highest BCUT2D eigenvalue weighted by molar-refractivity contribution is 7.86. The van der Waals surface area contributed by atoms with Gasteiger partial charge in [-0.05, 0) is 38.1 Å². The molecule has 0 unspecified atom stereocenters. The highest BCUT2D eigenvalue weighted by atomic mass is 32.2. The predicted octanol–water partition coefficient (Wildman–Crippen LogP) is 0.386. The van der Waals surface area contributed by atoms with E-state index in [2.05, 4.69) is 0 Å². The van der Waals surface area contributed by atoms with Crippen LogP contribution < -0.4 is 5.73 Å². The molecule has 1 saturated carbocycles. The van der Waals surface area contributed by atoms with Crippen LogP contribution in [0.4, 0.5) is 0 Å². The highest BCUT2D eigenvalue weighted by Gasteiger charge is 2.40. The van der Waals surface area contributed by atoms with E-state index in [1.54, 1.807) is 8.61 Å². The van der Waals surface area contributed by atoms with E-state index in [9.17, 15) is 8.42 Å². The Labute approximate surface area is 104 Å². The Kier molecular flexibility index (Phi) is 4.07. The Hall–Kier alpha value is -0.170. The van der Waals surface area contributed by atoms with Gasteiger partial charge in [0.1, 0.15) is 0 Å². The molecule has 1 heterocycles. The van der Waals surface area contributed by atoms with Crippen molar-refractivity contribution in [3.63, 3.8) is 0 Å². The molecule has 0 aromatic carbocycles. The van der Waals surface area contributed by atoms with Crippen LogP contribution in [0.25, 0.3) is 0 Å². The van der Waals surface area contributed by atoms with Gasteiger partial charge in [-0.1, -0.05) is 6.92 Å². The maximum absolute atomic E-state index is 12.4. The molecule has 0 radical (unpaired) electrons. The first-order valence-electron chi connectivity index (χ1n) is 6.56. The molecule has 5 nitrogen and oxygen atoms in total. The molecule has 1 aliphatic carbocycles. The summed E-state index contributed by atoms with van der Waals surface area (Å²) in [6.45, 7) is 4.45. The molecule has 17 heavy (non-hydrogen) atoms. The Bertz CT molecular complexity index is 346. The number of rotatable bonds is 5. The summed E-state index contributed by atoms with van der Waals surface area (Å²) in [6.07, 6.45) is 3.84. The molecular formula is C11H23N3O2S. The van der Waals surface area contributed by atoms with Crippen molar-refractivity contribution in [3.05, 3.63) is 0 Å². The van der Waals surface area contributed by atoms with Gasteiger partial charge in [-0.2, -0.15) is 17.0 Å². The molecule has 0 atom stereocenters. The van der Waals surface area contributed by atoms with Crippen LogP contribution in [0.2, 0.25) is 0 Å². The smallest absolute Gasteiger partial charge is 0.282 e. The van der Waals surface area contributed by atoms with Crippen molar-refractivity contribution in [2.45, 2.75) is 38.6 Å². The fourth-order valence-electron chi connectivity index (χ4n) is 2.50. The summed E-state index contributed by atoms with van der Waals surface area (Å²) in [5.41, 5.74) is 5.62. The van der Waals surface area contributed by atoms with Gasteiger partial charge >= 0.3 is 0 Å². The normalized spacial score (nSPS) is 24.4. The van der Waals surface area contributed by atoms with Gasteiger partial charge in [-0.15, -0.1) is 0 Å². The Balaban J connectivity index is 2.00. The molecule has 2 N–H and O–H groups in total. The molecule has 100 valence electrons. The van der Waals surface area contributed by atoms with Crippen LogP contribution >= 0.6 is 0 Å². The lowest BCUT2D eigenvalue weighted by Crippen LogP contribution is -2.48. The summed E-state index contributed by atoms with van der Waals surface area (Å²) in [7, 11) is -3.22. The zero-order chi connectivity index (χ0) is 12.5. The van der Waals surface area contributed by atoms with Crippen molar-refractivity contribution in [1.82, 2.24) is 8.61 Å². The summed E-state index contributed by atoms with van der Waals surface area (Å²) in [5, 5.41) is 0. The standard InChI is InChI=1S/C11H23N3O2S/c1-2-14(11-3-4-11)17(15,16)13-7-5-10(9-12)6-8-13/h10-11H,2-9,12H2,1H3. The summed E-state index contributed by atoms with van der Waals surface area (Å²) in [4.78, 5) is 0. The van der Waals surface area contributed by atoms with Crippen LogP contribution in [-0.4, -0.2) is 49.2 Å². The molecule has 0 spiro atoms. The summed E-state index contributed by atoms with van der Waals surface area (Å²) < 4.78 is 28.1. The minimum Gasteiger partial charge on any atom is -0.330 e. The van der Waals surface area contributed by atoms with Crippen molar-refractivity contribution in [3.8, 4) is 0 Å². The molecule has 0 bridgehead atoms.